The Morgan fingerprint density at radius 3 is 2.47 bits per heavy atom. The van der Waals surface area contributed by atoms with Crippen LogP contribution in [0.1, 0.15) is 18.1 Å². The number of alkyl halides is 3. The van der Waals surface area contributed by atoms with E-state index in [2.05, 4.69) is 0 Å². The van der Waals surface area contributed by atoms with Crippen molar-refractivity contribution in [3.05, 3.63) is 70.8 Å². The zero-order chi connectivity index (χ0) is 22.1. The number of allylic oxidation sites excluding steroid dienone is 2. The van der Waals surface area contributed by atoms with Gasteiger partial charge >= 0.3 is 12.1 Å². The number of halogens is 4. The maximum Gasteiger partial charge on any atom is 0.426 e. The lowest BCUT2D eigenvalue weighted by atomic mass is 9.97. The highest BCUT2D eigenvalue weighted by molar-refractivity contribution is 6.30. The molecule has 0 saturated heterocycles. The van der Waals surface area contributed by atoms with Gasteiger partial charge in [-0.2, -0.15) is 13.2 Å². The van der Waals surface area contributed by atoms with Crippen LogP contribution in [0.5, 0.6) is 0 Å². The number of esters is 1. The summed E-state index contributed by atoms with van der Waals surface area (Å²) in [5.41, 5.74) is 2.77. The maximum atomic E-state index is 12.7. The third kappa shape index (κ3) is 4.40. The zero-order valence-electron chi connectivity index (χ0n) is 16.5. The molecule has 1 aliphatic carbocycles. The second-order valence-electron chi connectivity index (χ2n) is 7.74. The van der Waals surface area contributed by atoms with Crippen LogP contribution in [0.15, 0.2) is 59.6 Å². The summed E-state index contributed by atoms with van der Waals surface area (Å²) in [5, 5.41) is 8.30. The van der Waals surface area contributed by atoms with Crippen LogP contribution in [0.25, 0.3) is 11.1 Å². The van der Waals surface area contributed by atoms with E-state index in [-0.39, 0.29) is 6.61 Å². The Balaban J connectivity index is 1.73. The fraction of sp³-hybridized carbons (Fsp3) is 0.348. The molecule has 7 heteroatoms. The van der Waals surface area contributed by atoms with E-state index in [1.165, 1.54) is 0 Å². The molecule has 1 N–H and O–H groups in total. The van der Waals surface area contributed by atoms with Gasteiger partial charge in [-0.3, -0.25) is 4.79 Å². The number of hydrogen-bond donors (Lipinski definition) is 1. The third-order valence-corrected chi connectivity index (χ3v) is 6.15. The summed E-state index contributed by atoms with van der Waals surface area (Å²) in [7, 11) is 0. The molecule has 0 aromatic heterocycles. The van der Waals surface area contributed by atoms with Crippen molar-refractivity contribution in [2.45, 2.75) is 26.6 Å². The quantitative estimate of drug-likeness (QED) is 0.594. The molecule has 2 aromatic rings. The van der Waals surface area contributed by atoms with E-state index in [4.69, 9.17) is 16.3 Å². The summed E-state index contributed by atoms with van der Waals surface area (Å²) in [4.78, 5) is 12.6. The predicted molar refractivity (Wildman–Crippen MR) is 109 cm³/mol. The first-order valence-corrected chi connectivity index (χ1v) is 9.83. The van der Waals surface area contributed by atoms with Gasteiger partial charge in [-0.1, -0.05) is 73.1 Å². The van der Waals surface area contributed by atoms with Crippen LogP contribution >= 0.6 is 11.6 Å². The highest BCUT2D eigenvalue weighted by atomic mass is 35.5. The third-order valence-electron chi connectivity index (χ3n) is 5.81. The van der Waals surface area contributed by atoms with Crippen LogP contribution < -0.4 is 0 Å². The lowest BCUT2D eigenvalue weighted by Gasteiger charge is -2.13. The average molecular weight is 439 g/mol. The van der Waals surface area contributed by atoms with Gasteiger partial charge in [0.25, 0.3) is 0 Å². The Morgan fingerprint density at radius 1 is 1.20 bits per heavy atom. The molecule has 3 rings (SSSR count). The first kappa shape index (κ1) is 22.4. The summed E-state index contributed by atoms with van der Waals surface area (Å²) >= 11 is 5.32. The van der Waals surface area contributed by atoms with Gasteiger partial charge < -0.3 is 9.84 Å². The van der Waals surface area contributed by atoms with Crippen LogP contribution in [-0.4, -0.2) is 23.9 Å². The predicted octanol–water partition coefficient (Wildman–Crippen LogP) is 5.63. The molecule has 0 aliphatic heterocycles. The van der Waals surface area contributed by atoms with Gasteiger partial charge in [0.05, 0.1) is 5.92 Å². The Bertz CT molecular complexity index is 956. The smallest absolute Gasteiger partial charge is 0.426 e. The molecule has 160 valence electrons. The van der Waals surface area contributed by atoms with Crippen molar-refractivity contribution >= 4 is 17.6 Å². The number of carbonyl (C=O) groups is 1. The Morgan fingerprint density at radius 2 is 1.87 bits per heavy atom. The Kier molecular flexibility index (Phi) is 6.29. The van der Waals surface area contributed by atoms with Crippen molar-refractivity contribution < 1.29 is 27.8 Å². The molecular formula is C23H22ClF3O3. The fourth-order valence-electron chi connectivity index (χ4n) is 3.77. The number of aliphatic hydroxyl groups is 1. The number of benzene rings is 2. The van der Waals surface area contributed by atoms with Crippen molar-refractivity contribution in [2.24, 2.45) is 17.3 Å². The van der Waals surface area contributed by atoms with E-state index in [0.717, 1.165) is 28.3 Å². The standard InChI is InChI=1S/C23H22ClF3O3/c1-14-16(9-6-10-17(14)15-7-4-3-5-8-15)12-30-21(29)20-18(22(20,2)13-28)11-19(24)23(25,26)27/h3-11,18,20,28H,12-13H2,1-2H3. The molecular weight excluding hydrogens is 417 g/mol. The number of hydrogen-bond acceptors (Lipinski definition) is 3. The average Bonchev–Trinajstić information content (AvgIpc) is 3.31. The zero-order valence-corrected chi connectivity index (χ0v) is 17.3. The Labute approximate surface area is 178 Å². The van der Waals surface area contributed by atoms with Gasteiger partial charge in [0.2, 0.25) is 0 Å². The van der Waals surface area contributed by atoms with Crippen LogP contribution in [0.4, 0.5) is 13.2 Å². The van der Waals surface area contributed by atoms with E-state index in [1.54, 1.807) is 6.92 Å². The van der Waals surface area contributed by atoms with Gasteiger partial charge in [-0.05, 0) is 29.2 Å². The molecule has 30 heavy (non-hydrogen) atoms. The first-order valence-electron chi connectivity index (χ1n) is 9.45. The minimum absolute atomic E-state index is 0.00716. The van der Waals surface area contributed by atoms with E-state index in [9.17, 15) is 23.1 Å². The minimum Gasteiger partial charge on any atom is -0.461 e. The maximum absolute atomic E-state index is 12.7. The van der Waals surface area contributed by atoms with Crippen LogP contribution in [0.3, 0.4) is 0 Å². The molecule has 0 amide bonds. The summed E-state index contributed by atoms with van der Waals surface area (Å²) in [6, 6.07) is 15.4. The van der Waals surface area contributed by atoms with Gasteiger partial charge in [0.1, 0.15) is 11.6 Å². The molecule has 1 aliphatic rings. The normalized spacial score (nSPS) is 23.9. The summed E-state index contributed by atoms with van der Waals surface area (Å²) in [6.45, 7) is 3.02. The molecule has 0 heterocycles. The van der Waals surface area contributed by atoms with E-state index < -0.39 is 41.0 Å². The van der Waals surface area contributed by atoms with Crippen molar-refractivity contribution in [3.63, 3.8) is 0 Å². The van der Waals surface area contributed by atoms with Crippen molar-refractivity contribution in [1.29, 1.82) is 0 Å². The minimum atomic E-state index is -4.69. The van der Waals surface area contributed by atoms with E-state index in [0.29, 0.717) is 0 Å². The molecule has 1 fully saturated rings. The molecule has 3 atom stereocenters. The number of carbonyl (C=O) groups excluding carboxylic acids is 1. The SMILES string of the molecule is Cc1c(COC(=O)C2C(C=C(Cl)C(F)(F)F)C2(C)CO)cccc1-c1ccccc1. The highest BCUT2D eigenvalue weighted by Gasteiger charge is 2.65. The van der Waals surface area contributed by atoms with Gasteiger partial charge in [0.15, 0.2) is 0 Å². The largest absolute Gasteiger partial charge is 0.461 e. The van der Waals surface area contributed by atoms with Gasteiger partial charge in [-0.25, -0.2) is 0 Å². The fourth-order valence-corrected chi connectivity index (χ4v) is 3.90. The van der Waals surface area contributed by atoms with E-state index in [1.807, 2.05) is 55.5 Å². The van der Waals surface area contributed by atoms with E-state index >= 15 is 0 Å². The van der Waals surface area contributed by atoms with Crippen LogP contribution in [0.2, 0.25) is 0 Å². The van der Waals surface area contributed by atoms with Crippen LogP contribution in [0, 0.1) is 24.2 Å². The summed E-state index contributed by atoms with van der Waals surface area (Å²) in [6.07, 6.45) is -3.89. The molecule has 2 aromatic carbocycles. The molecule has 1 saturated carbocycles. The van der Waals surface area contributed by atoms with Gasteiger partial charge in [0, 0.05) is 17.9 Å². The second-order valence-corrected chi connectivity index (χ2v) is 8.15. The molecule has 3 unspecified atom stereocenters. The lowest BCUT2D eigenvalue weighted by molar-refractivity contribution is -0.147. The number of aliphatic hydroxyl groups excluding tert-OH is 1. The molecule has 0 spiro atoms. The Hall–Kier alpha value is -2.31. The molecule has 0 bridgehead atoms. The highest BCUT2D eigenvalue weighted by Crippen LogP contribution is 2.60. The molecule has 0 radical (unpaired) electrons. The van der Waals surface area contributed by atoms with Gasteiger partial charge in [-0.15, -0.1) is 0 Å². The summed E-state index contributed by atoms with van der Waals surface area (Å²) in [5.74, 6) is -2.36. The number of rotatable bonds is 6. The lowest BCUT2D eigenvalue weighted by Crippen LogP contribution is -2.14. The van der Waals surface area contributed by atoms with Crippen LogP contribution in [-0.2, 0) is 16.1 Å². The first-order chi connectivity index (χ1) is 14.1. The molecule has 3 nitrogen and oxygen atoms in total. The second kappa shape index (κ2) is 8.44. The monoisotopic (exact) mass is 438 g/mol. The topological polar surface area (TPSA) is 46.5 Å². The summed E-state index contributed by atoms with van der Waals surface area (Å²) < 4.78 is 43.6. The van der Waals surface area contributed by atoms with Crippen molar-refractivity contribution in [2.75, 3.05) is 6.61 Å². The van der Waals surface area contributed by atoms with Crippen molar-refractivity contribution in [3.8, 4) is 11.1 Å². The number of ether oxygens (including phenoxy) is 1. The van der Waals surface area contributed by atoms with Crippen molar-refractivity contribution in [1.82, 2.24) is 0 Å².